The van der Waals surface area contributed by atoms with Gasteiger partial charge in [0.15, 0.2) is 16.4 Å². The molecule has 2 heterocycles. The molecule has 0 bridgehead atoms. The van der Waals surface area contributed by atoms with Gasteiger partial charge in [-0.05, 0) is 50.5 Å². The Morgan fingerprint density at radius 3 is 2.59 bits per heavy atom. The average molecular weight is 393 g/mol. The van der Waals surface area contributed by atoms with Gasteiger partial charge in [0.2, 0.25) is 0 Å². The van der Waals surface area contributed by atoms with E-state index in [1.54, 1.807) is 26.1 Å². The summed E-state index contributed by atoms with van der Waals surface area (Å²) in [6.45, 7) is 5.12. The summed E-state index contributed by atoms with van der Waals surface area (Å²) in [6, 6.07) is 3.23. The predicted molar refractivity (Wildman–Crippen MR) is 102 cm³/mol. The van der Waals surface area contributed by atoms with Gasteiger partial charge < -0.3 is 14.1 Å². The third kappa shape index (κ3) is 3.85. The third-order valence-electron chi connectivity index (χ3n) is 5.16. The number of carbonyl (C=O) groups excluding carboxylic acids is 1. The normalized spacial score (nSPS) is 18.6. The van der Waals surface area contributed by atoms with Crippen LogP contribution < -0.4 is 10.4 Å². The Morgan fingerprint density at radius 2 is 1.96 bits per heavy atom. The highest BCUT2D eigenvalue weighted by Gasteiger charge is 2.32. The second kappa shape index (κ2) is 6.99. The van der Waals surface area contributed by atoms with Crippen LogP contribution >= 0.6 is 0 Å². The van der Waals surface area contributed by atoms with Crippen LogP contribution in [0.25, 0.3) is 11.0 Å². The lowest BCUT2D eigenvalue weighted by Gasteiger charge is -2.23. The molecule has 0 unspecified atom stereocenters. The van der Waals surface area contributed by atoms with E-state index in [1.165, 1.54) is 4.90 Å². The standard InChI is InChI=1S/C19H23NO6S/c1-11-7-15(18-12(2)13(3)19(22)26-16(18)8-11)25-9-17(21)20(4)14-5-6-27(23,24)10-14/h7-8,14H,5-6,9-10H2,1-4H3/t14-/m1/s1. The van der Waals surface area contributed by atoms with Crippen LogP contribution in [0.2, 0.25) is 0 Å². The Balaban J connectivity index is 1.84. The highest BCUT2D eigenvalue weighted by atomic mass is 32.2. The van der Waals surface area contributed by atoms with Crippen LogP contribution in [0.4, 0.5) is 0 Å². The average Bonchev–Trinajstić information content (AvgIpc) is 2.96. The van der Waals surface area contributed by atoms with E-state index in [1.807, 2.05) is 13.8 Å². The van der Waals surface area contributed by atoms with E-state index >= 15 is 0 Å². The lowest BCUT2D eigenvalue weighted by atomic mass is 10.0. The molecule has 1 amide bonds. The highest BCUT2D eigenvalue weighted by Crippen LogP contribution is 2.31. The van der Waals surface area contributed by atoms with E-state index in [0.717, 1.165) is 11.1 Å². The summed E-state index contributed by atoms with van der Waals surface area (Å²) in [5, 5.41) is 0.664. The van der Waals surface area contributed by atoms with Crippen molar-refractivity contribution in [2.75, 3.05) is 25.2 Å². The molecule has 0 radical (unpaired) electrons. The third-order valence-corrected chi connectivity index (χ3v) is 6.91. The van der Waals surface area contributed by atoms with Gasteiger partial charge in [0.25, 0.3) is 5.91 Å². The Labute approximate surface area is 157 Å². The van der Waals surface area contributed by atoms with Crippen LogP contribution in [0, 0.1) is 20.8 Å². The van der Waals surface area contributed by atoms with Crippen LogP contribution in [0.1, 0.15) is 23.1 Å². The van der Waals surface area contributed by atoms with E-state index in [9.17, 15) is 18.0 Å². The number of likely N-dealkylation sites (N-methyl/N-ethyl adjacent to an activating group) is 1. The number of ether oxygens (including phenoxy) is 1. The summed E-state index contributed by atoms with van der Waals surface area (Å²) >= 11 is 0. The maximum absolute atomic E-state index is 12.5. The number of sulfone groups is 1. The minimum absolute atomic E-state index is 0.00786. The monoisotopic (exact) mass is 393 g/mol. The van der Waals surface area contributed by atoms with E-state index in [4.69, 9.17) is 9.15 Å². The lowest BCUT2D eigenvalue weighted by molar-refractivity contribution is -0.133. The molecule has 7 nitrogen and oxygen atoms in total. The first kappa shape index (κ1) is 19.4. The smallest absolute Gasteiger partial charge is 0.339 e. The topological polar surface area (TPSA) is 93.9 Å². The minimum atomic E-state index is -3.07. The molecular formula is C19H23NO6S. The van der Waals surface area contributed by atoms with Gasteiger partial charge in [0, 0.05) is 18.7 Å². The first-order valence-electron chi connectivity index (χ1n) is 8.72. The summed E-state index contributed by atoms with van der Waals surface area (Å²) < 4.78 is 34.4. The fourth-order valence-corrected chi connectivity index (χ4v) is 5.10. The molecule has 146 valence electrons. The first-order chi connectivity index (χ1) is 12.6. The Morgan fingerprint density at radius 1 is 1.26 bits per heavy atom. The van der Waals surface area contributed by atoms with Crippen molar-refractivity contribution in [1.82, 2.24) is 4.90 Å². The number of aryl methyl sites for hydroxylation is 2. The molecule has 27 heavy (non-hydrogen) atoms. The van der Waals surface area contributed by atoms with Crippen LogP contribution in [0.5, 0.6) is 5.75 Å². The predicted octanol–water partition coefficient (Wildman–Crippen LogP) is 1.74. The molecule has 1 fully saturated rings. The highest BCUT2D eigenvalue weighted by molar-refractivity contribution is 7.91. The fraction of sp³-hybridized carbons (Fsp3) is 0.474. The second-order valence-corrected chi connectivity index (χ2v) is 9.35. The number of hydrogen-bond donors (Lipinski definition) is 0. The fourth-order valence-electron chi connectivity index (χ4n) is 3.33. The van der Waals surface area contributed by atoms with Gasteiger partial charge in [-0.1, -0.05) is 0 Å². The molecule has 1 aromatic carbocycles. The largest absolute Gasteiger partial charge is 0.483 e. The number of carbonyl (C=O) groups is 1. The van der Waals surface area contributed by atoms with Gasteiger partial charge in [-0.25, -0.2) is 13.2 Å². The lowest BCUT2D eigenvalue weighted by Crippen LogP contribution is -2.40. The van der Waals surface area contributed by atoms with Crippen molar-refractivity contribution < 1.29 is 22.4 Å². The van der Waals surface area contributed by atoms with Crippen LogP contribution in [-0.2, 0) is 14.6 Å². The van der Waals surface area contributed by atoms with Gasteiger partial charge in [-0.3, -0.25) is 4.79 Å². The summed E-state index contributed by atoms with van der Waals surface area (Å²) in [6.07, 6.45) is 0.446. The molecule has 0 aliphatic carbocycles. The zero-order chi connectivity index (χ0) is 19.9. The SMILES string of the molecule is Cc1cc(OCC(=O)N(C)[C@@H]2CCS(=O)(=O)C2)c2c(C)c(C)c(=O)oc2c1. The van der Waals surface area contributed by atoms with Crippen molar-refractivity contribution in [2.45, 2.75) is 33.2 Å². The molecule has 0 N–H and O–H groups in total. The summed E-state index contributed by atoms with van der Waals surface area (Å²) in [5.74, 6) is 0.274. The summed E-state index contributed by atoms with van der Waals surface area (Å²) in [4.78, 5) is 25.8. The number of rotatable bonds is 4. The van der Waals surface area contributed by atoms with Gasteiger partial charge >= 0.3 is 5.63 Å². The Hall–Kier alpha value is -2.35. The first-order valence-corrected chi connectivity index (χ1v) is 10.5. The molecule has 1 atom stereocenters. The number of benzene rings is 1. The van der Waals surface area contributed by atoms with Crippen molar-refractivity contribution in [3.05, 3.63) is 39.2 Å². The molecule has 0 spiro atoms. The molecule has 1 aliphatic rings. The van der Waals surface area contributed by atoms with E-state index in [2.05, 4.69) is 0 Å². The molecule has 1 aliphatic heterocycles. The zero-order valence-electron chi connectivity index (χ0n) is 15.9. The van der Waals surface area contributed by atoms with Gasteiger partial charge in [-0.2, -0.15) is 0 Å². The van der Waals surface area contributed by atoms with E-state index in [-0.39, 0.29) is 30.1 Å². The quantitative estimate of drug-likeness (QED) is 0.735. The number of hydrogen-bond acceptors (Lipinski definition) is 6. The van der Waals surface area contributed by atoms with Gasteiger partial charge in [0.05, 0.1) is 16.9 Å². The maximum Gasteiger partial charge on any atom is 0.339 e. The minimum Gasteiger partial charge on any atom is -0.483 e. The second-order valence-electron chi connectivity index (χ2n) is 7.13. The molecule has 1 saturated heterocycles. The molecule has 0 saturated carbocycles. The molecular weight excluding hydrogens is 370 g/mol. The molecule has 1 aromatic heterocycles. The maximum atomic E-state index is 12.5. The Bertz CT molecular complexity index is 1070. The van der Waals surface area contributed by atoms with Crippen LogP contribution in [-0.4, -0.2) is 50.4 Å². The van der Waals surface area contributed by atoms with Crippen LogP contribution in [0.3, 0.4) is 0 Å². The van der Waals surface area contributed by atoms with Crippen molar-refractivity contribution in [1.29, 1.82) is 0 Å². The van der Waals surface area contributed by atoms with Crippen molar-refractivity contribution in [2.24, 2.45) is 0 Å². The van der Waals surface area contributed by atoms with Gasteiger partial charge in [-0.15, -0.1) is 0 Å². The van der Waals surface area contributed by atoms with Crippen molar-refractivity contribution >= 4 is 26.7 Å². The van der Waals surface area contributed by atoms with E-state index in [0.29, 0.717) is 28.7 Å². The molecule has 8 heteroatoms. The molecule has 3 rings (SSSR count). The summed E-state index contributed by atoms with van der Waals surface area (Å²) in [5.41, 5.74) is 2.11. The number of amides is 1. The van der Waals surface area contributed by atoms with Crippen molar-refractivity contribution in [3.63, 3.8) is 0 Å². The molecule has 2 aromatic rings. The van der Waals surface area contributed by atoms with Crippen molar-refractivity contribution in [3.8, 4) is 5.75 Å². The number of fused-ring (bicyclic) bond motifs is 1. The van der Waals surface area contributed by atoms with E-state index < -0.39 is 15.5 Å². The number of nitrogens with zero attached hydrogens (tertiary/aromatic N) is 1. The van der Waals surface area contributed by atoms with Gasteiger partial charge in [0.1, 0.15) is 11.3 Å². The van der Waals surface area contributed by atoms with Crippen LogP contribution in [0.15, 0.2) is 21.3 Å². The zero-order valence-corrected chi connectivity index (χ0v) is 16.7. The Kier molecular flexibility index (Phi) is 5.03. The summed E-state index contributed by atoms with van der Waals surface area (Å²) in [7, 11) is -1.47.